The first kappa shape index (κ1) is 20.4. The number of hydrogen-bond acceptors (Lipinski definition) is 7. The van der Waals surface area contributed by atoms with Gasteiger partial charge in [-0.25, -0.2) is 9.97 Å². The number of nitrogens with zero attached hydrogens (tertiary/aromatic N) is 2. The largest absolute Gasteiger partial charge is 0.493 e. The van der Waals surface area contributed by atoms with E-state index in [1.165, 1.54) is 22.2 Å². The molecule has 1 aromatic carbocycles. The number of carbonyl (C=O) groups is 1. The van der Waals surface area contributed by atoms with E-state index in [0.29, 0.717) is 18.0 Å². The molecule has 6 nitrogen and oxygen atoms in total. The molecule has 0 saturated carbocycles. The molecule has 0 bridgehead atoms. The predicted molar refractivity (Wildman–Crippen MR) is 114 cm³/mol. The van der Waals surface area contributed by atoms with E-state index in [2.05, 4.69) is 29.1 Å². The maximum atomic E-state index is 12.6. The zero-order valence-corrected chi connectivity index (χ0v) is 18.2. The van der Waals surface area contributed by atoms with Gasteiger partial charge in [0, 0.05) is 16.8 Å². The second-order valence-corrected chi connectivity index (χ2v) is 8.84. The highest BCUT2D eigenvalue weighted by molar-refractivity contribution is 8.00. The Bertz CT molecular complexity index is 1000. The molecule has 0 unspecified atom stereocenters. The Hall–Kier alpha value is -2.32. The number of nitrogens with one attached hydrogen (secondary N) is 1. The van der Waals surface area contributed by atoms with Crippen LogP contribution in [0.3, 0.4) is 0 Å². The first-order valence-electron chi connectivity index (χ1n) is 8.80. The van der Waals surface area contributed by atoms with Crippen molar-refractivity contribution < 1.29 is 14.3 Å². The van der Waals surface area contributed by atoms with E-state index >= 15 is 0 Å². The molecular weight excluding hydrogens is 394 g/mol. The first-order valence-corrected chi connectivity index (χ1v) is 10.5. The molecule has 0 aliphatic rings. The number of thioether (sulfide) groups is 1. The molecule has 148 valence electrons. The number of aryl methyl sites for hydroxylation is 2. The van der Waals surface area contributed by atoms with Crippen LogP contribution < -0.4 is 14.8 Å². The summed E-state index contributed by atoms with van der Waals surface area (Å²) in [5.41, 5.74) is 2.12. The average molecular weight is 418 g/mol. The number of benzene rings is 1. The highest BCUT2D eigenvalue weighted by atomic mass is 32.2. The van der Waals surface area contributed by atoms with Crippen LogP contribution in [0.2, 0.25) is 0 Å². The lowest BCUT2D eigenvalue weighted by Gasteiger charge is -2.13. The number of amides is 1. The fourth-order valence-corrected chi connectivity index (χ4v) is 4.85. The van der Waals surface area contributed by atoms with Gasteiger partial charge in [0.15, 0.2) is 11.5 Å². The molecule has 28 heavy (non-hydrogen) atoms. The number of ether oxygens (including phenoxy) is 2. The smallest absolute Gasteiger partial charge is 0.233 e. The van der Waals surface area contributed by atoms with Gasteiger partial charge >= 0.3 is 0 Å². The van der Waals surface area contributed by atoms with Gasteiger partial charge in [0.2, 0.25) is 5.91 Å². The molecule has 3 rings (SSSR count). The van der Waals surface area contributed by atoms with Crippen LogP contribution in [-0.4, -0.2) is 35.3 Å². The third kappa shape index (κ3) is 4.23. The van der Waals surface area contributed by atoms with Crippen molar-refractivity contribution in [1.82, 2.24) is 15.3 Å². The molecular formula is C20H23N3O3S2. The number of aromatic nitrogens is 2. The predicted octanol–water partition coefficient (Wildman–Crippen LogP) is 4.12. The van der Waals surface area contributed by atoms with Gasteiger partial charge in [-0.1, -0.05) is 17.8 Å². The minimum atomic E-state index is -0.280. The number of fused-ring (bicyclic) bond motifs is 1. The number of thiophene rings is 1. The van der Waals surface area contributed by atoms with Gasteiger partial charge in [0.05, 0.1) is 19.5 Å². The minimum absolute atomic E-state index is 0.0452. The van der Waals surface area contributed by atoms with Crippen molar-refractivity contribution in [2.24, 2.45) is 0 Å². The highest BCUT2D eigenvalue weighted by Gasteiger charge is 2.19. The third-order valence-electron chi connectivity index (χ3n) is 4.50. The van der Waals surface area contributed by atoms with Gasteiger partial charge in [-0.2, -0.15) is 0 Å². The van der Waals surface area contributed by atoms with Gasteiger partial charge in [0.25, 0.3) is 0 Å². The Kier molecular flexibility index (Phi) is 6.41. The molecule has 0 saturated heterocycles. The topological polar surface area (TPSA) is 73.3 Å². The van der Waals surface area contributed by atoms with Crippen LogP contribution in [0.15, 0.2) is 29.6 Å². The zero-order chi connectivity index (χ0) is 20.3. The molecule has 0 radical (unpaired) electrons. The van der Waals surface area contributed by atoms with Gasteiger partial charge < -0.3 is 14.8 Å². The maximum Gasteiger partial charge on any atom is 0.233 e. The van der Waals surface area contributed by atoms with Crippen molar-refractivity contribution in [3.8, 4) is 11.5 Å². The van der Waals surface area contributed by atoms with Crippen LogP contribution in [0, 0.1) is 13.8 Å². The fraction of sp³-hybridized carbons (Fsp3) is 0.350. The van der Waals surface area contributed by atoms with Crippen molar-refractivity contribution in [2.75, 3.05) is 14.2 Å². The Labute approximate surface area is 172 Å². The van der Waals surface area contributed by atoms with Gasteiger partial charge in [0.1, 0.15) is 16.2 Å². The summed E-state index contributed by atoms with van der Waals surface area (Å²) < 4.78 is 10.6. The molecule has 2 aromatic heterocycles. The molecule has 3 aromatic rings. The summed E-state index contributed by atoms with van der Waals surface area (Å²) in [6.45, 7) is 6.45. The lowest BCUT2D eigenvalue weighted by molar-refractivity contribution is -0.120. The quantitative estimate of drug-likeness (QED) is 0.460. The fourth-order valence-electron chi connectivity index (χ4n) is 2.78. The van der Waals surface area contributed by atoms with E-state index in [1.807, 2.05) is 25.1 Å². The Morgan fingerprint density at radius 1 is 1.21 bits per heavy atom. The van der Waals surface area contributed by atoms with E-state index in [0.717, 1.165) is 20.8 Å². The third-order valence-corrected chi connectivity index (χ3v) is 6.72. The molecule has 1 N–H and O–H groups in total. The monoisotopic (exact) mass is 417 g/mol. The molecule has 0 spiro atoms. The minimum Gasteiger partial charge on any atom is -0.493 e. The molecule has 0 aliphatic heterocycles. The van der Waals surface area contributed by atoms with Crippen molar-refractivity contribution >= 4 is 39.2 Å². The van der Waals surface area contributed by atoms with Crippen molar-refractivity contribution in [3.63, 3.8) is 0 Å². The summed E-state index contributed by atoms with van der Waals surface area (Å²) >= 11 is 3.11. The standard InChI is InChI=1S/C20H23N3O3S2/c1-11-12(2)27-19-17(11)20(23-10-22-19)28-13(3)18(24)21-9-14-6-7-15(25-4)16(8-14)26-5/h6-8,10,13H,9H2,1-5H3,(H,21,24)/t13-/m0/s1. The molecule has 1 atom stereocenters. The summed E-state index contributed by atoms with van der Waals surface area (Å²) in [5, 5.41) is 4.60. The number of hydrogen-bond donors (Lipinski definition) is 1. The Morgan fingerprint density at radius 3 is 2.68 bits per heavy atom. The van der Waals surface area contributed by atoms with Gasteiger partial charge in [-0.15, -0.1) is 11.3 Å². The van der Waals surface area contributed by atoms with Crippen LogP contribution in [0.1, 0.15) is 22.9 Å². The molecule has 0 aliphatic carbocycles. The van der Waals surface area contributed by atoms with Crippen molar-refractivity contribution in [2.45, 2.75) is 37.6 Å². The normalized spacial score (nSPS) is 12.0. The zero-order valence-electron chi connectivity index (χ0n) is 16.5. The highest BCUT2D eigenvalue weighted by Crippen LogP contribution is 2.36. The second kappa shape index (κ2) is 8.79. The van der Waals surface area contributed by atoms with Gasteiger partial charge in [-0.05, 0) is 44.0 Å². The summed E-state index contributed by atoms with van der Waals surface area (Å²) in [4.78, 5) is 23.5. The summed E-state index contributed by atoms with van der Waals surface area (Å²) in [7, 11) is 3.19. The summed E-state index contributed by atoms with van der Waals surface area (Å²) in [6, 6.07) is 5.60. The maximum absolute atomic E-state index is 12.6. The van der Waals surface area contributed by atoms with E-state index in [-0.39, 0.29) is 11.2 Å². The number of methoxy groups -OCH3 is 2. The van der Waals surface area contributed by atoms with E-state index in [4.69, 9.17) is 9.47 Å². The molecule has 1 amide bonds. The van der Waals surface area contributed by atoms with Crippen LogP contribution >= 0.6 is 23.1 Å². The average Bonchev–Trinajstić information content (AvgIpc) is 3.00. The second-order valence-electron chi connectivity index (χ2n) is 6.31. The SMILES string of the molecule is COc1ccc(CNC(=O)[C@H](C)Sc2ncnc3sc(C)c(C)c23)cc1OC. The van der Waals surface area contributed by atoms with Crippen LogP contribution in [0.4, 0.5) is 0 Å². The molecule has 8 heteroatoms. The first-order chi connectivity index (χ1) is 13.4. The lowest BCUT2D eigenvalue weighted by atomic mass is 10.2. The Morgan fingerprint density at radius 2 is 1.96 bits per heavy atom. The summed E-state index contributed by atoms with van der Waals surface area (Å²) in [5.74, 6) is 1.26. The van der Waals surface area contributed by atoms with Crippen LogP contribution in [-0.2, 0) is 11.3 Å². The Balaban J connectivity index is 1.67. The summed E-state index contributed by atoms with van der Waals surface area (Å²) in [6.07, 6.45) is 1.56. The van der Waals surface area contributed by atoms with Crippen LogP contribution in [0.5, 0.6) is 11.5 Å². The van der Waals surface area contributed by atoms with Crippen molar-refractivity contribution in [3.05, 3.63) is 40.5 Å². The molecule has 0 fully saturated rings. The van der Waals surface area contributed by atoms with Crippen LogP contribution in [0.25, 0.3) is 10.2 Å². The van der Waals surface area contributed by atoms with Crippen molar-refractivity contribution in [1.29, 1.82) is 0 Å². The number of carbonyl (C=O) groups excluding carboxylic acids is 1. The lowest BCUT2D eigenvalue weighted by Crippen LogP contribution is -2.30. The van der Waals surface area contributed by atoms with E-state index < -0.39 is 0 Å². The molecule has 2 heterocycles. The van der Waals surface area contributed by atoms with Gasteiger partial charge in [-0.3, -0.25) is 4.79 Å². The number of rotatable bonds is 7. The van der Waals surface area contributed by atoms with E-state index in [1.54, 1.807) is 31.9 Å². The van der Waals surface area contributed by atoms with E-state index in [9.17, 15) is 4.79 Å².